The summed E-state index contributed by atoms with van der Waals surface area (Å²) >= 11 is 0. The minimum atomic E-state index is -0.949. The average Bonchev–Trinajstić information content (AvgIpc) is 2.59. The number of aliphatic carboxylic acids is 1. The molecule has 5 nitrogen and oxygen atoms in total. The molecule has 0 aliphatic heterocycles. The standard InChI is InChI=1S/C14H21NO4/c1-6-8(2)15-9(3)11(7-12(16)17)13(10(15)4)14(18)19-5/h8H,6-7H2,1-5H3,(H,16,17). The van der Waals surface area contributed by atoms with Gasteiger partial charge in [0.2, 0.25) is 0 Å². The highest BCUT2D eigenvalue weighted by molar-refractivity contribution is 5.94. The highest BCUT2D eigenvalue weighted by atomic mass is 16.5. The van der Waals surface area contributed by atoms with Gasteiger partial charge in [-0.15, -0.1) is 0 Å². The van der Waals surface area contributed by atoms with E-state index in [9.17, 15) is 9.59 Å². The maximum Gasteiger partial charge on any atom is 0.339 e. The molecule has 0 fully saturated rings. The molecule has 0 amide bonds. The van der Waals surface area contributed by atoms with Gasteiger partial charge in [-0.1, -0.05) is 6.92 Å². The van der Waals surface area contributed by atoms with Crippen LogP contribution in [0, 0.1) is 13.8 Å². The van der Waals surface area contributed by atoms with Crippen molar-refractivity contribution in [3.63, 3.8) is 0 Å². The minimum Gasteiger partial charge on any atom is -0.481 e. The molecule has 19 heavy (non-hydrogen) atoms. The molecule has 1 N–H and O–H groups in total. The highest BCUT2D eigenvalue weighted by Gasteiger charge is 2.26. The smallest absolute Gasteiger partial charge is 0.339 e. The van der Waals surface area contributed by atoms with Crippen molar-refractivity contribution in [2.24, 2.45) is 0 Å². The van der Waals surface area contributed by atoms with Gasteiger partial charge in [-0.25, -0.2) is 4.79 Å². The summed E-state index contributed by atoms with van der Waals surface area (Å²) in [6.45, 7) is 7.78. The number of hydrogen-bond acceptors (Lipinski definition) is 3. The van der Waals surface area contributed by atoms with Gasteiger partial charge < -0.3 is 14.4 Å². The Kier molecular flexibility index (Phi) is 4.75. The molecule has 0 saturated heterocycles. The molecular formula is C14H21NO4. The highest BCUT2D eigenvalue weighted by Crippen LogP contribution is 2.28. The number of carbonyl (C=O) groups excluding carboxylic acids is 1. The molecule has 0 aliphatic carbocycles. The third-order valence-corrected chi connectivity index (χ3v) is 3.57. The summed E-state index contributed by atoms with van der Waals surface area (Å²) in [4.78, 5) is 22.9. The summed E-state index contributed by atoms with van der Waals surface area (Å²) in [5.41, 5.74) is 2.55. The van der Waals surface area contributed by atoms with Crippen LogP contribution in [0.3, 0.4) is 0 Å². The van der Waals surface area contributed by atoms with E-state index >= 15 is 0 Å². The lowest BCUT2D eigenvalue weighted by atomic mass is 10.1. The number of esters is 1. The van der Waals surface area contributed by atoms with Crippen molar-refractivity contribution in [3.05, 3.63) is 22.5 Å². The average molecular weight is 267 g/mol. The fourth-order valence-electron chi connectivity index (χ4n) is 2.50. The van der Waals surface area contributed by atoms with Crippen LogP contribution in [0.2, 0.25) is 0 Å². The molecule has 1 aromatic heterocycles. The lowest BCUT2D eigenvalue weighted by Crippen LogP contribution is -2.09. The Bertz CT molecular complexity index is 502. The zero-order chi connectivity index (χ0) is 14.7. The quantitative estimate of drug-likeness (QED) is 0.832. The number of rotatable bonds is 5. The van der Waals surface area contributed by atoms with Crippen LogP contribution in [0.1, 0.15) is 53.6 Å². The number of ether oxygens (including phenoxy) is 1. The van der Waals surface area contributed by atoms with Crippen molar-refractivity contribution < 1.29 is 19.4 Å². The molecule has 0 aromatic carbocycles. The van der Waals surface area contributed by atoms with Crippen LogP contribution in [-0.2, 0) is 16.0 Å². The monoisotopic (exact) mass is 267 g/mol. The van der Waals surface area contributed by atoms with Crippen molar-refractivity contribution in [1.29, 1.82) is 0 Å². The molecule has 0 radical (unpaired) electrons. The van der Waals surface area contributed by atoms with Gasteiger partial charge >= 0.3 is 11.9 Å². The molecule has 5 heteroatoms. The van der Waals surface area contributed by atoms with Crippen LogP contribution in [0.15, 0.2) is 0 Å². The van der Waals surface area contributed by atoms with Crippen LogP contribution in [0.5, 0.6) is 0 Å². The second-order valence-electron chi connectivity index (χ2n) is 4.71. The van der Waals surface area contributed by atoms with E-state index < -0.39 is 11.9 Å². The van der Waals surface area contributed by atoms with E-state index in [-0.39, 0.29) is 12.5 Å². The maximum atomic E-state index is 11.9. The third-order valence-electron chi connectivity index (χ3n) is 3.57. The van der Waals surface area contributed by atoms with Crippen LogP contribution >= 0.6 is 0 Å². The van der Waals surface area contributed by atoms with Gasteiger partial charge in [0.05, 0.1) is 19.1 Å². The van der Waals surface area contributed by atoms with E-state index in [1.807, 2.05) is 25.3 Å². The number of aromatic nitrogens is 1. The second kappa shape index (κ2) is 5.91. The minimum absolute atomic E-state index is 0.166. The topological polar surface area (TPSA) is 68.5 Å². The van der Waals surface area contributed by atoms with E-state index in [2.05, 4.69) is 6.92 Å². The lowest BCUT2D eigenvalue weighted by Gasteiger charge is -2.16. The van der Waals surface area contributed by atoms with Gasteiger partial charge in [0.15, 0.2) is 0 Å². The van der Waals surface area contributed by atoms with E-state index in [0.29, 0.717) is 11.1 Å². The lowest BCUT2D eigenvalue weighted by molar-refractivity contribution is -0.136. The first-order valence-electron chi connectivity index (χ1n) is 6.35. The van der Waals surface area contributed by atoms with E-state index in [1.165, 1.54) is 7.11 Å². The van der Waals surface area contributed by atoms with Crippen molar-refractivity contribution in [2.75, 3.05) is 7.11 Å². The van der Waals surface area contributed by atoms with E-state index in [1.54, 1.807) is 0 Å². The predicted molar refractivity (Wildman–Crippen MR) is 71.6 cm³/mol. The van der Waals surface area contributed by atoms with Crippen LogP contribution < -0.4 is 0 Å². The number of hydrogen-bond donors (Lipinski definition) is 1. The van der Waals surface area contributed by atoms with Crippen molar-refractivity contribution in [3.8, 4) is 0 Å². The van der Waals surface area contributed by atoms with Crippen molar-refractivity contribution >= 4 is 11.9 Å². The molecule has 1 atom stereocenters. The largest absolute Gasteiger partial charge is 0.481 e. The van der Waals surface area contributed by atoms with Gasteiger partial charge in [-0.2, -0.15) is 0 Å². The Labute approximate surface area is 113 Å². The van der Waals surface area contributed by atoms with Gasteiger partial charge in [0.25, 0.3) is 0 Å². The number of carboxylic acids is 1. The molecule has 1 rings (SSSR count). The summed E-state index contributed by atoms with van der Waals surface area (Å²) < 4.78 is 6.79. The number of nitrogens with zero attached hydrogens (tertiary/aromatic N) is 1. The normalized spacial score (nSPS) is 12.3. The molecular weight excluding hydrogens is 246 g/mol. The molecule has 0 aliphatic rings. The van der Waals surface area contributed by atoms with Gasteiger partial charge in [-0.3, -0.25) is 4.79 Å². The van der Waals surface area contributed by atoms with E-state index in [4.69, 9.17) is 9.84 Å². The van der Waals surface area contributed by atoms with Crippen LogP contribution in [0.4, 0.5) is 0 Å². The number of carbonyl (C=O) groups is 2. The summed E-state index contributed by atoms with van der Waals surface area (Å²) in [6.07, 6.45) is 0.740. The van der Waals surface area contributed by atoms with Crippen LogP contribution in [0.25, 0.3) is 0 Å². The Morgan fingerprint density at radius 3 is 2.32 bits per heavy atom. The first-order valence-corrected chi connectivity index (χ1v) is 6.35. The zero-order valence-corrected chi connectivity index (χ0v) is 12.1. The van der Waals surface area contributed by atoms with Crippen molar-refractivity contribution in [2.45, 2.75) is 46.6 Å². The summed E-state index contributed by atoms with van der Waals surface area (Å²) in [6, 6.07) is 0.214. The van der Waals surface area contributed by atoms with Gasteiger partial charge in [0.1, 0.15) is 0 Å². The first kappa shape index (κ1) is 15.3. The molecule has 0 spiro atoms. The Hall–Kier alpha value is -1.78. The second-order valence-corrected chi connectivity index (χ2v) is 4.71. The van der Waals surface area contributed by atoms with Crippen LogP contribution in [-0.4, -0.2) is 28.7 Å². The molecule has 1 unspecified atom stereocenters. The van der Waals surface area contributed by atoms with E-state index in [0.717, 1.165) is 17.8 Å². The fourth-order valence-corrected chi connectivity index (χ4v) is 2.50. The summed E-state index contributed by atoms with van der Waals surface area (Å²) in [5.74, 6) is -1.42. The zero-order valence-electron chi connectivity index (χ0n) is 12.1. The Balaban J connectivity index is 3.50. The molecule has 0 bridgehead atoms. The number of methoxy groups -OCH3 is 1. The first-order chi connectivity index (χ1) is 8.84. The molecule has 0 saturated carbocycles. The fraction of sp³-hybridized carbons (Fsp3) is 0.571. The maximum absolute atomic E-state index is 11.9. The number of carboxylic acid groups (broad SMARTS) is 1. The van der Waals surface area contributed by atoms with Gasteiger partial charge in [-0.05, 0) is 32.8 Å². The SMILES string of the molecule is CCC(C)n1c(C)c(CC(=O)O)c(C(=O)OC)c1C. The third kappa shape index (κ3) is 2.80. The molecule has 1 aromatic rings. The molecule has 1 heterocycles. The Morgan fingerprint density at radius 1 is 1.32 bits per heavy atom. The predicted octanol–water partition coefficient (Wildman–Crippen LogP) is 2.49. The Morgan fingerprint density at radius 2 is 1.89 bits per heavy atom. The van der Waals surface area contributed by atoms with Crippen molar-refractivity contribution in [1.82, 2.24) is 4.57 Å². The molecule has 106 valence electrons. The van der Waals surface area contributed by atoms with Gasteiger partial charge in [0, 0.05) is 17.4 Å². The summed E-state index contributed by atoms with van der Waals surface area (Å²) in [5, 5.41) is 9.00. The summed E-state index contributed by atoms with van der Waals surface area (Å²) in [7, 11) is 1.31.